The van der Waals surface area contributed by atoms with E-state index in [0.717, 1.165) is 32.2 Å². The highest BCUT2D eigenvalue weighted by Gasteiger charge is 2.22. The maximum absolute atomic E-state index is 12.6. The minimum atomic E-state index is -0.131. The van der Waals surface area contributed by atoms with Gasteiger partial charge in [-0.3, -0.25) is 4.68 Å². The summed E-state index contributed by atoms with van der Waals surface area (Å²) in [6, 6.07) is 6.03. The second-order valence-electron chi connectivity index (χ2n) is 6.71. The van der Waals surface area contributed by atoms with Crippen molar-refractivity contribution in [1.29, 1.82) is 0 Å². The highest BCUT2D eigenvalue weighted by Crippen LogP contribution is 2.26. The summed E-state index contributed by atoms with van der Waals surface area (Å²) in [4.78, 5) is 20.0. The van der Waals surface area contributed by atoms with E-state index < -0.39 is 0 Å². The van der Waals surface area contributed by atoms with E-state index in [4.69, 9.17) is 0 Å². The van der Waals surface area contributed by atoms with Crippen LogP contribution in [0.3, 0.4) is 0 Å². The van der Waals surface area contributed by atoms with Gasteiger partial charge in [0.05, 0.1) is 34.5 Å². The van der Waals surface area contributed by atoms with Crippen molar-refractivity contribution >= 4 is 28.3 Å². The van der Waals surface area contributed by atoms with Crippen molar-refractivity contribution in [2.75, 3.05) is 7.05 Å². The van der Waals surface area contributed by atoms with Gasteiger partial charge in [-0.1, -0.05) is 11.6 Å². The number of thiazole rings is 1. The Balaban J connectivity index is 1.72. The summed E-state index contributed by atoms with van der Waals surface area (Å²) in [6.07, 6.45) is 0. The summed E-state index contributed by atoms with van der Waals surface area (Å²) in [7, 11) is 3.72. The summed E-state index contributed by atoms with van der Waals surface area (Å²) in [6.45, 7) is 8.49. The zero-order valence-corrected chi connectivity index (χ0v) is 16.9. The van der Waals surface area contributed by atoms with Gasteiger partial charge in [0.15, 0.2) is 0 Å². The number of carbonyl (C=O) groups excluding carboxylic acids is 1. The van der Waals surface area contributed by atoms with Crippen LogP contribution < -0.4 is 5.32 Å². The molecule has 1 N–H and O–H groups in total. The van der Waals surface area contributed by atoms with E-state index in [9.17, 15) is 4.79 Å². The van der Waals surface area contributed by atoms with E-state index >= 15 is 0 Å². The molecule has 0 fully saturated rings. The van der Waals surface area contributed by atoms with Crippen molar-refractivity contribution in [2.24, 2.45) is 7.05 Å². The first kappa shape index (κ1) is 18.4. The van der Waals surface area contributed by atoms with Gasteiger partial charge in [0.2, 0.25) is 0 Å². The van der Waals surface area contributed by atoms with E-state index in [-0.39, 0.29) is 12.1 Å². The average molecular weight is 372 g/mol. The second kappa shape index (κ2) is 7.07. The molecule has 0 saturated heterocycles. The van der Waals surface area contributed by atoms with Crippen molar-refractivity contribution in [2.45, 2.75) is 40.3 Å². The summed E-state index contributed by atoms with van der Waals surface area (Å²) in [5.74, 6) is 0. The van der Waals surface area contributed by atoms with Gasteiger partial charge in [-0.05, 0) is 39.8 Å². The van der Waals surface area contributed by atoms with Gasteiger partial charge >= 0.3 is 6.03 Å². The smallest absolute Gasteiger partial charge is 0.318 e. The highest BCUT2D eigenvalue weighted by atomic mass is 32.1. The zero-order chi connectivity index (χ0) is 19.0. The Bertz CT molecular complexity index is 958. The Hall–Kier alpha value is -2.41. The first-order valence-corrected chi connectivity index (χ1v) is 9.46. The van der Waals surface area contributed by atoms with Crippen LogP contribution >= 0.6 is 11.3 Å². The number of hydrogen-bond donors (Lipinski definition) is 1. The van der Waals surface area contributed by atoms with Gasteiger partial charge in [0.25, 0.3) is 0 Å². The molecule has 0 radical (unpaired) electrons. The van der Waals surface area contributed by atoms with Gasteiger partial charge in [0, 0.05) is 24.4 Å². The third kappa shape index (κ3) is 3.44. The van der Waals surface area contributed by atoms with E-state index in [1.807, 2.05) is 32.5 Å². The Kier molecular flexibility index (Phi) is 5.00. The van der Waals surface area contributed by atoms with E-state index in [1.54, 1.807) is 23.3 Å². The number of nitrogens with one attached hydrogen (secondary N) is 1. The Labute approximate surface area is 157 Å². The third-order valence-corrected chi connectivity index (χ3v) is 5.63. The molecule has 1 atom stereocenters. The summed E-state index contributed by atoms with van der Waals surface area (Å²) in [5.41, 5.74) is 4.08. The normalized spacial score (nSPS) is 12.4. The van der Waals surface area contributed by atoms with Gasteiger partial charge in [0.1, 0.15) is 0 Å². The maximum Gasteiger partial charge on any atom is 0.318 e. The molecule has 3 rings (SSSR count). The van der Waals surface area contributed by atoms with Crippen LogP contribution in [0.2, 0.25) is 0 Å². The number of urea groups is 1. The van der Waals surface area contributed by atoms with E-state index in [2.05, 4.69) is 40.5 Å². The van der Waals surface area contributed by atoms with Crippen molar-refractivity contribution in [1.82, 2.24) is 25.0 Å². The van der Waals surface area contributed by atoms with E-state index in [1.165, 1.54) is 5.56 Å². The van der Waals surface area contributed by atoms with Gasteiger partial charge in [-0.15, -0.1) is 11.3 Å². The lowest BCUT2D eigenvalue weighted by molar-refractivity contribution is 0.193. The molecule has 0 spiro atoms. The number of aryl methyl sites for hydroxylation is 4. The Morgan fingerprint density at radius 1 is 1.35 bits per heavy atom. The van der Waals surface area contributed by atoms with Crippen LogP contribution in [0, 0.1) is 20.8 Å². The van der Waals surface area contributed by atoms with Crippen molar-refractivity contribution in [3.63, 3.8) is 0 Å². The van der Waals surface area contributed by atoms with Crippen LogP contribution in [0.1, 0.15) is 39.8 Å². The highest BCUT2D eigenvalue weighted by molar-refractivity contribution is 7.11. The molecule has 0 saturated carbocycles. The SMILES string of the molecule is Cc1ccc2c(c1)c(CNC(=O)N(C)[C@H](C)c1nc(C)sc1C)nn2C. The van der Waals surface area contributed by atoms with Crippen LogP contribution in [-0.2, 0) is 13.6 Å². The molecule has 26 heavy (non-hydrogen) atoms. The summed E-state index contributed by atoms with van der Waals surface area (Å²) >= 11 is 1.66. The first-order valence-electron chi connectivity index (χ1n) is 8.64. The van der Waals surface area contributed by atoms with Crippen LogP contribution in [0.15, 0.2) is 18.2 Å². The minimum absolute atomic E-state index is 0.0809. The van der Waals surface area contributed by atoms with Gasteiger partial charge in [-0.2, -0.15) is 5.10 Å². The van der Waals surface area contributed by atoms with Gasteiger partial charge < -0.3 is 10.2 Å². The lowest BCUT2D eigenvalue weighted by Crippen LogP contribution is -2.38. The lowest BCUT2D eigenvalue weighted by atomic mass is 10.1. The number of nitrogens with zero attached hydrogens (tertiary/aromatic N) is 4. The molecule has 7 heteroatoms. The molecule has 2 aromatic heterocycles. The summed E-state index contributed by atoms with van der Waals surface area (Å²) < 4.78 is 1.85. The number of hydrogen-bond acceptors (Lipinski definition) is 4. The number of amides is 2. The molecule has 2 amide bonds. The van der Waals surface area contributed by atoms with Gasteiger partial charge in [-0.25, -0.2) is 9.78 Å². The lowest BCUT2D eigenvalue weighted by Gasteiger charge is -2.24. The monoisotopic (exact) mass is 371 g/mol. The minimum Gasteiger partial charge on any atom is -0.332 e. The van der Waals surface area contributed by atoms with Crippen LogP contribution in [-0.4, -0.2) is 32.7 Å². The molecule has 0 aliphatic carbocycles. The maximum atomic E-state index is 12.6. The molecule has 2 heterocycles. The Morgan fingerprint density at radius 2 is 2.08 bits per heavy atom. The predicted molar refractivity (Wildman–Crippen MR) is 105 cm³/mol. The topological polar surface area (TPSA) is 63.1 Å². The fraction of sp³-hybridized carbons (Fsp3) is 0.421. The molecule has 138 valence electrons. The van der Waals surface area contributed by atoms with Crippen LogP contribution in [0.4, 0.5) is 4.79 Å². The third-order valence-electron chi connectivity index (χ3n) is 4.73. The number of rotatable bonds is 4. The van der Waals surface area contributed by atoms with Crippen molar-refractivity contribution in [3.8, 4) is 0 Å². The number of fused-ring (bicyclic) bond motifs is 1. The van der Waals surface area contributed by atoms with E-state index in [0.29, 0.717) is 6.54 Å². The number of benzene rings is 1. The molecule has 3 aromatic rings. The van der Waals surface area contributed by atoms with Crippen molar-refractivity contribution < 1.29 is 4.79 Å². The quantitative estimate of drug-likeness (QED) is 0.757. The van der Waals surface area contributed by atoms with Crippen LogP contribution in [0.5, 0.6) is 0 Å². The molecular formula is C19H25N5OS. The number of aromatic nitrogens is 3. The zero-order valence-electron chi connectivity index (χ0n) is 16.1. The summed E-state index contributed by atoms with van der Waals surface area (Å²) in [5, 5.41) is 9.64. The fourth-order valence-corrected chi connectivity index (χ4v) is 4.07. The predicted octanol–water partition coefficient (Wildman–Crippen LogP) is 3.86. The first-order chi connectivity index (χ1) is 12.3. The fourth-order valence-electron chi connectivity index (χ4n) is 3.16. The standard InChI is InChI=1S/C19H25N5OS/c1-11-7-8-17-15(9-11)16(22-24(17)6)10-20-19(25)23(5)12(2)18-13(3)26-14(4)21-18/h7-9,12H,10H2,1-6H3,(H,20,25)/t12-/m1/s1. The molecule has 0 bridgehead atoms. The average Bonchev–Trinajstić information content (AvgIpc) is 3.09. The largest absolute Gasteiger partial charge is 0.332 e. The molecule has 1 aromatic carbocycles. The second-order valence-corrected chi connectivity index (χ2v) is 8.12. The molecular weight excluding hydrogens is 346 g/mol. The van der Waals surface area contributed by atoms with Crippen LogP contribution in [0.25, 0.3) is 10.9 Å². The molecule has 0 aliphatic rings. The Morgan fingerprint density at radius 3 is 2.73 bits per heavy atom. The van der Waals surface area contributed by atoms with Crippen molar-refractivity contribution in [3.05, 3.63) is 45.0 Å². The molecule has 0 unspecified atom stereocenters. The molecule has 6 nitrogen and oxygen atoms in total. The molecule has 0 aliphatic heterocycles. The number of carbonyl (C=O) groups is 1.